The average Bonchev–Trinajstić information content (AvgIpc) is 2.47. The summed E-state index contributed by atoms with van der Waals surface area (Å²) in [5, 5.41) is 0. The summed E-state index contributed by atoms with van der Waals surface area (Å²) in [7, 11) is 0. The number of ether oxygens (including phenoxy) is 1. The first kappa shape index (κ1) is 7.25. The van der Waals surface area contributed by atoms with Gasteiger partial charge in [0.1, 0.15) is 6.29 Å². The molecule has 2 aliphatic heterocycles. The summed E-state index contributed by atoms with van der Waals surface area (Å²) in [6.07, 6.45) is 2.11. The molecule has 0 aromatic carbocycles. The van der Waals surface area contributed by atoms with Crippen LogP contribution in [0.2, 0.25) is 0 Å². The van der Waals surface area contributed by atoms with Crippen molar-refractivity contribution in [3.05, 3.63) is 0 Å². The molecule has 0 aromatic rings. The molecule has 0 bridgehead atoms. The number of fused-ring (bicyclic) bond motifs is 1. The van der Waals surface area contributed by atoms with Gasteiger partial charge >= 0.3 is 0 Å². The molecule has 0 saturated carbocycles. The highest BCUT2D eigenvalue weighted by Gasteiger charge is 2.35. The van der Waals surface area contributed by atoms with Crippen LogP contribution in [0.15, 0.2) is 0 Å². The highest BCUT2D eigenvalue weighted by Crippen LogP contribution is 2.24. The van der Waals surface area contributed by atoms with E-state index in [2.05, 4.69) is 4.90 Å². The van der Waals surface area contributed by atoms with Crippen LogP contribution < -0.4 is 0 Å². The Hall–Kier alpha value is -0.410. The highest BCUT2D eigenvalue weighted by molar-refractivity contribution is 5.55. The van der Waals surface area contributed by atoms with E-state index in [0.29, 0.717) is 6.04 Å². The van der Waals surface area contributed by atoms with Crippen molar-refractivity contribution in [2.24, 2.45) is 5.92 Å². The molecular weight excluding hydrogens is 142 g/mol. The van der Waals surface area contributed by atoms with Gasteiger partial charge < -0.3 is 9.53 Å². The summed E-state index contributed by atoms with van der Waals surface area (Å²) in [5.74, 6) is 0.232. The van der Waals surface area contributed by atoms with Gasteiger partial charge in [-0.1, -0.05) is 0 Å². The molecule has 0 aliphatic carbocycles. The fourth-order valence-corrected chi connectivity index (χ4v) is 2.00. The van der Waals surface area contributed by atoms with E-state index >= 15 is 0 Å². The summed E-state index contributed by atoms with van der Waals surface area (Å²) in [4.78, 5) is 12.9. The van der Waals surface area contributed by atoms with Crippen LogP contribution in [0.3, 0.4) is 0 Å². The lowest BCUT2D eigenvalue weighted by molar-refractivity contribution is -0.113. The van der Waals surface area contributed by atoms with Crippen LogP contribution in [0.5, 0.6) is 0 Å². The van der Waals surface area contributed by atoms with Gasteiger partial charge in [-0.05, 0) is 13.0 Å². The van der Waals surface area contributed by atoms with Gasteiger partial charge in [-0.25, -0.2) is 0 Å². The topological polar surface area (TPSA) is 29.5 Å². The summed E-state index contributed by atoms with van der Waals surface area (Å²) < 4.78 is 5.31. The Balaban J connectivity index is 2.03. The highest BCUT2D eigenvalue weighted by atomic mass is 16.5. The lowest BCUT2D eigenvalue weighted by atomic mass is 10.0. The molecule has 2 saturated heterocycles. The molecule has 0 aromatic heterocycles. The van der Waals surface area contributed by atoms with Crippen LogP contribution in [-0.4, -0.2) is 43.5 Å². The zero-order chi connectivity index (χ0) is 7.68. The molecular formula is C8H13NO2. The number of carbonyl (C=O) groups excluding carboxylic acids is 1. The lowest BCUT2D eigenvalue weighted by Crippen LogP contribution is -2.43. The predicted octanol–water partition coefficient (Wildman–Crippen LogP) is -0.0940. The van der Waals surface area contributed by atoms with Crippen molar-refractivity contribution in [3.8, 4) is 0 Å². The Morgan fingerprint density at radius 2 is 2.36 bits per heavy atom. The number of hydrogen-bond donors (Lipinski definition) is 0. The number of hydrogen-bond acceptors (Lipinski definition) is 3. The Labute approximate surface area is 66.3 Å². The van der Waals surface area contributed by atoms with E-state index in [1.165, 1.54) is 0 Å². The van der Waals surface area contributed by atoms with Gasteiger partial charge in [-0.15, -0.1) is 0 Å². The Morgan fingerprint density at radius 1 is 1.45 bits per heavy atom. The maximum atomic E-state index is 10.6. The smallest absolute Gasteiger partial charge is 0.124 e. The van der Waals surface area contributed by atoms with E-state index in [0.717, 1.165) is 39.0 Å². The Morgan fingerprint density at radius 3 is 3.18 bits per heavy atom. The van der Waals surface area contributed by atoms with Crippen LogP contribution in [0.25, 0.3) is 0 Å². The van der Waals surface area contributed by atoms with Crippen molar-refractivity contribution >= 4 is 6.29 Å². The number of rotatable bonds is 1. The molecule has 2 heterocycles. The van der Waals surface area contributed by atoms with Crippen molar-refractivity contribution < 1.29 is 9.53 Å². The second-order valence-electron chi connectivity index (χ2n) is 3.27. The third kappa shape index (κ3) is 1.19. The van der Waals surface area contributed by atoms with E-state index in [1.54, 1.807) is 0 Å². The fourth-order valence-electron chi connectivity index (χ4n) is 2.00. The minimum Gasteiger partial charge on any atom is -0.378 e. The number of carbonyl (C=O) groups is 1. The Kier molecular flexibility index (Phi) is 1.92. The molecule has 3 nitrogen and oxygen atoms in total. The minimum atomic E-state index is 0.232. The molecule has 2 atom stereocenters. The second kappa shape index (κ2) is 2.91. The molecule has 11 heavy (non-hydrogen) atoms. The molecule has 2 unspecified atom stereocenters. The SMILES string of the molecule is O=CC1CCN2CCOCC12. The second-order valence-corrected chi connectivity index (χ2v) is 3.27. The number of aldehydes is 1. The zero-order valence-electron chi connectivity index (χ0n) is 6.53. The van der Waals surface area contributed by atoms with E-state index in [1.807, 2.05) is 0 Å². The van der Waals surface area contributed by atoms with E-state index in [-0.39, 0.29) is 5.92 Å². The third-order valence-corrected chi connectivity index (χ3v) is 2.70. The van der Waals surface area contributed by atoms with Gasteiger partial charge in [0, 0.05) is 18.5 Å². The van der Waals surface area contributed by atoms with Gasteiger partial charge in [0.2, 0.25) is 0 Å². The molecule has 62 valence electrons. The van der Waals surface area contributed by atoms with Crippen LogP contribution in [0.1, 0.15) is 6.42 Å². The van der Waals surface area contributed by atoms with Gasteiger partial charge in [0.15, 0.2) is 0 Å². The third-order valence-electron chi connectivity index (χ3n) is 2.70. The van der Waals surface area contributed by atoms with Gasteiger partial charge in [-0.3, -0.25) is 4.90 Å². The summed E-state index contributed by atoms with van der Waals surface area (Å²) >= 11 is 0. The van der Waals surface area contributed by atoms with Crippen LogP contribution in [0.4, 0.5) is 0 Å². The average molecular weight is 155 g/mol. The number of nitrogens with zero attached hydrogens (tertiary/aromatic N) is 1. The van der Waals surface area contributed by atoms with Crippen molar-refractivity contribution in [2.75, 3.05) is 26.3 Å². The quantitative estimate of drug-likeness (QED) is 0.495. The summed E-state index contributed by atoms with van der Waals surface area (Å²) in [6.45, 7) is 3.68. The summed E-state index contributed by atoms with van der Waals surface area (Å²) in [6, 6.07) is 0.390. The monoisotopic (exact) mass is 155 g/mol. The zero-order valence-corrected chi connectivity index (χ0v) is 6.53. The van der Waals surface area contributed by atoms with Crippen LogP contribution in [0, 0.1) is 5.92 Å². The first-order chi connectivity index (χ1) is 5.42. The van der Waals surface area contributed by atoms with Crippen LogP contribution >= 0.6 is 0 Å². The van der Waals surface area contributed by atoms with Crippen molar-refractivity contribution in [1.82, 2.24) is 4.90 Å². The van der Waals surface area contributed by atoms with Gasteiger partial charge in [-0.2, -0.15) is 0 Å². The molecule has 2 fully saturated rings. The predicted molar refractivity (Wildman–Crippen MR) is 40.4 cm³/mol. The fraction of sp³-hybridized carbons (Fsp3) is 0.875. The van der Waals surface area contributed by atoms with E-state index in [4.69, 9.17) is 4.74 Å². The molecule has 2 rings (SSSR count). The van der Waals surface area contributed by atoms with Crippen molar-refractivity contribution in [2.45, 2.75) is 12.5 Å². The molecule has 0 spiro atoms. The molecule has 2 aliphatic rings. The molecule has 3 heteroatoms. The van der Waals surface area contributed by atoms with E-state index < -0.39 is 0 Å². The largest absolute Gasteiger partial charge is 0.378 e. The van der Waals surface area contributed by atoms with E-state index in [9.17, 15) is 4.79 Å². The first-order valence-corrected chi connectivity index (χ1v) is 4.19. The van der Waals surface area contributed by atoms with Crippen LogP contribution in [-0.2, 0) is 9.53 Å². The van der Waals surface area contributed by atoms with Crippen molar-refractivity contribution in [1.29, 1.82) is 0 Å². The molecule has 0 radical (unpaired) electrons. The normalized spacial score (nSPS) is 38.5. The standard InChI is InChI=1S/C8H13NO2/c10-5-7-1-2-9-3-4-11-6-8(7)9/h5,7-8H,1-4,6H2. The van der Waals surface area contributed by atoms with Gasteiger partial charge in [0.05, 0.1) is 13.2 Å². The molecule has 0 amide bonds. The lowest BCUT2D eigenvalue weighted by Gasteiger charge is -2.30. The summed E-state index contributed by atoms with van der Waals surface area (Å²) in [5.41, 5.74) is 0. The first-order valence-electron chi connectivity index (χ1n) is 4.19. The number of morpholine rings is 1. The maximum Gasteiger partial charge on any atom is 0.124 e. The van der Waals surface area contributed by atoms with Crippen molar-refractivity contribution in [3.63, 3.8) is 0 Å². The maximum absolute atomic E-state index is 10.6. The molecule has 0 N–H and O–H groups in total. The van der Waals surface area contributed by atoms with Gasteiger partial charge in [0.25, 0.3) is 0 Å². The Bertz CT molecular complexity index is 160. The minimum absolute atomic E-state index is 0.232.